The number of hydrogen-bond donors (Lipinski definition) is 4. The van der Waals surface area contributed by atoms with Crippen LogP contribution in [-0.2, 0) is 39.9 Å². The fourth-order valence-electron chi connectivity index (χ4n) is 22.3. The van der Waals surface area contributed by atoms with Gasteiger partial charge >= 0.3 is 30.4 Å². The Morgan fingerprint density at radius 1 is 0.184 bits per heavy atom. The molecule has 17 rings (SSSR count). The molecule has 8 aromatic carbocycles. The fraction of sp³-hybridized carbons (Fsp3) is 0.448. The Kier molecular flexibility index (Phi) is 32.7. The van der Waals surface area contributed by atoms with Crippen molar-refractivity contribution >= 4 is 51.6 Å². The molecule has 0 saturated carbocycles. The maximum atomic E-state index is 17.8. The first-order chi connectivity index (χ1) is 66.6. The summed E-state index contributed by atoms with van der Waals surface area (Å²) in [4.78, 5) is 17.9. The first kappa shape index (κ1) is 97.8. The third kappa shape index (κ3) is 21.8. The number of H-pyrrole nitrogens is 4. The molecule has 5 aliphatic heterocycles. The SMILES string of the molecule is CCCCCCCCCCCCC12c3cc4cc(c3)OP(=O)(c3ccccc3)Oc3cc5cc(c3)C(CCCCCCCCCCCC)(c3ccc1[nH]3)c1ccc([nH]1)C1(CCCCCCCCCCCC)c3cc(cc(c3)OP(=O)(c3ccccc3)O5)OP(=O)(c3ccccc3)Oc3cc(cc(c3)C(CCCCCCCCCCCC)(c3ccc2[nH]3)c2ccc1[nH]2)OP(=O)(c1ccccc1)O4. The fourth-order valence-corrected chi connectivity index (χ4v) is 28.5. The minimum absolute atomic E-state index is 0.0794. The van der Waals surface area contributed by atoms with Crippen LogP contribution in [-0.4, -0.2) is 19.9 Å². The molecule has 720 valence electrons. The molecule has 16 nitrogen and oxygen atoms in total. The number of fused-ring (bicyclic) bond motifs is 14. The smallest absolute Gasteiger partial charge is 0.413 e. The van der Waals surface area contributed by atoms with Gasteiger partial charge in [0.15, 0.2) is 0 Å². The van der Waals surface area contributed by atoms with Crippen molar-refractivity contribution in [2.24, 2.45) is 0 Å². The van der Waals surface area contributed by atoms with Gasteiger partial charge in [-0.05, 0) is 194 Å². The largest absolute Gasteiger partial charge is 0.462 e. The number of unbranched alkanes of at least 4 members (excludes halogenated alkanes) is 36. The Labute approximate surface area is 809 Å². The van der Waals surface area contributed by atoms with Gasteiger partial charge in [0.05, 0.1) is 42.9 Å². The van der Waals surface area contributed by atoms with E-state index in [9.17, 15) is 0 Å². The van der Waals surface area contributed by atoms with Crippen molar-refractivity contribution in [2.45, 2.75) is 332 Å². The van der Waals surface area contributed by atoms with E-state index in [1.165, 1.54) is 128 Å². The lowest BCUT2D eigenvalue weighted by atomic mass is 9.70. The van der Waals surface area contributed by atoms with Crippen molar-refractivity contribution in [1.82, 2.24) is 19.9 Å². The van der Waals surface area contributed by atoms with Crippen LogP contribution in [0.3, 0.4) is 0 Å². The first-order valence-corrected chi connectivity index (χ1v) is 58.3. The summed E-state index contributed by atoms with van der Waals surface area (Å²) in [6, 6.07) is 77.0. The standard InChI is InChI=1S/C116H144N4O12P4/c1-5-9-13-17-21-25-29-33-37-53-73-113-89-77-93-85-94(78-89)126-134(122,102-59-47-42-48-60-102)128-96-80-91-82-98(87-96)130-136(124,104-63-51-44-52-64-104)132-100-84-92-83-99(88-100)131-135(123,103-61-49-43-50-62-103)129-97-81-90(79-95(86-97)127-133(121,125-93)101-57-45-41-46-58-101)114(107-67-65-105(113)117-107,74-54-38-34-30-26-22-18-14-10-6-2)109-69-71-111(119-109)116(92,76-56-40-36-32-28-24-20-16-12-8-4)112-72-70-110(120-112)115(91,108-68-66-106(113)118-108)75-55-39-35-31-27-23-19-15-11-7-3/h41-52,57-72,77-88,117-120H,5-40,53-56,73-76H2,1-4H3. The number of nitrogens with one attached hydrogen (secondary N) is 4. The molecule has 0 saturated heterocycles. The van der Waals surface area contributed by atoms with Crippen LogP contribution in [0.5, 0.6) is 46.0 Å². The van der Waals surface area contributed by atoms with Crippen LogP contribution in [0.15, 0.2) is 243 Å². The highest BCUT2D eigenvalue weighted by molar-refractivity contribution is 7.64. The van der Waals surface area contributed by atoms with Crippen molar-refractivity contribution in [3.05, 3.63) is 310 Å². The number of aromatic nitrogens is 4. The summed E-state index contributed by atoms with van der Waals surface area (Å²) in [6.45, 7) is 9.10. The zero-order valence-electron chi connectivity index (χ0n) is 80.9. The second-order valence-corrected chi connectivity index (χ2v) is 46.8. The van der Waals surface area contributed by atoms with Crippen LogP contribution in [0, 0.1) is 0 Å². The van der Waals surface area contributed by atoms with E-state index in [4.69, 9.17) is 36.2 Å². The number of benzene rings is 8. The highest BCUT2D eigenvalue weighted by Crippen LogP contribution is 2.62. The minimum Gasteiger partial charge on any atom is -0.413 e. The molecule has 20 heteroatoms. The topological polar surface area (TPSA) is 205 Å². The van der Waals surface area contributed by atoms with E-state index in [0.717, 1.165) is 174 Å². The van der Waals surface area contributed by atoms with Crippen molar-refractivity contribution in [3.8, 4) is 46.0 Å². The summed E-state index contributed by atoms with van der Waals surface area (Å²) in [6.07, 6.45) is 46.0. The van der Waals surface area contributed by atoms with Gasteiger partial charge in [-0.3, -0.25) is 0 Å². The van der Waals surface area contributed by atoms with Gasteiger partial charge in [0, 0.05) is 69.8 Å². The van der Waals surface area contributed by atoms with Gasteiger partial charge < -0.3 is 56.1 Å². The third-order valence-electron chi connectivity index (χ3n) is 29.6. The summed E-state index contributed by atoms with van der Waals surface area (Å²) >= 11 is 0. The van der Waals surface area contributed by atoms with Crippen LogP contribution in [0.1, 0.15) is 378 Å². The monoisotopic (exact) mass is 1910 g/mol. The van der Waals surface area contributed by atoms with Crippen molar-refractivity contribution in [2.75, 3.05) is 0 Å². The minimum atomic E-state index is -4.82. The molecular formula is C116H144N4O12P4. The van der Waals surface area contributed by atoms with Crippen molar-refractivity contribution in [1.29, 1.82) is 0 Å². The molecule has 24 bridgehead atoms. The third-order valence-corrected chi connectivity index (χ3v) is 37.0. The molecule has 0 amide bonds. The normalized spacial score (nSPS) is 22.0. The summed E-state index contributed by atoms with van der Waals surface area (Å²) in [7, 11) is -19.3. The van der Waals surface area contributed by atoms with E-state index >= 15 is 18.3 Å². The van der Waals surface area contributed by atoms with E-state index in [1.807, 2.05) is 121 Å². The molecule has 4 aromatic heterocycles. The van der Waals surface area contributed by atoms with Gasteiger partial charge in [0.25, 0.3) is 0 Å². The number of aromatic amines is 4. The maximum Gasteiger partial charge on any atom is 0.462 e. The molecule has 136 heavy (non-hydrogen) atoms. The Balaban J connectivity index is 1.03. The van der Waals surface area contributed by atoms with Gasteiger partial charge in [0.2, 0.25) is 0 Å². The van der Waals surface area contributed by atoms with Gasteiger partial charge in [0.1, 0.15) is 46.0 Å². The molecule has 9 heterocycles. The maximum absolute atomic E-state index is 17.8. The van der Waals surface area contributed by atoms with Gasteiger partial charge in [-0.2, -0.15) is 0 Å². The summed E-state index contributed by atoms with van der Waals surface area (Å²) in [5.74, 6) is 0.636. The van der Waals surface area contributed by atoms with Crippen LogP contribution in [0.25, 0.3) is 0 Å². The molecule has 5 aliphatic rings. The van der Waals surface area contributed by atoms with Crippen LogP contribution < -0.4 is 57.4 Å². The molecule has 0 radical (unpaired) electrons. The lowest BCUT2D eigenvalue weighted by Gasteiger charge is -2.39. The highest BCUT2D eigenvalue weighted by atomic mass is 31.2. The number of rotatable bonds is 48. The summed E-state index contributed by atoms with van der Waals surface area (Å²) < 4.78 is 131. The quantitative estimate of drug-likeness (QED) is 0.0208. The van der Waals surface area contributed by atoms with Crippen LogP contribution in [0.2, 0.25) is 0 Å². The highest BCUT2D eigenvalue weighted by Gasteiger charge is 2.52. The first-order valence-electron chi connectivity index (χ1n) is 52.2. The molecule has 4 N–H and O–H groups in total. The second-order valence-electron chi connectivity index (χ2n) is 39.3. The molecule has 12 aromatic rings. The molecule has 0 aliphatic carbocycles. The van der Waals surface area contributed by atoms with E-state index < -0.39 is 52.0 Å². The summed E-state index contributed by atoms with van der Waals surface area (Å²) in [5.41, 5.74) is 4.50. The Morgan fingerprint density at radius 3 is 0.471 bits per heavy atom. The average Bonchev–Trinajstić information content (AvgIpc) is 1.53. The molecule has 0 atom stereocenters. The van der Waals surface area contributed by atoms with Gasteiger partial charge in [-0.25, -0.2) is 18.3 Å². The molecular weight excluding hydrogens is 1770 g/mol. The molecule has 0 unspecified atom stereocenters. The zero-order valence-corrected chi connectivity index (χ0v) is 84.5. The second kappa shape index (κ2) is 45.4. The number of hydrogen-bond acceptors (Lipinski definition) is 12. The summed E-state index contributed by atoms with van der Waals surface area (Å²) in [5, 5.41) is 0.944. The zero-order chi connectivity index (χ0) is 93.7. The lowest BCUT2D eigenvalue weighted by Crippen LogP contribution is -2.36. The molecule has 0 fully saturated rings. The Morgan fingerprint density at radius 2 is 0.324 bits per heavy atom. The van der Waals surface area contributed by atoms with Crippen molar-refractivity contribution < 1.29 is 54.5 Å². The predicted molar refractivity (Wildman–Crippen MR) is 554 cm³/mol. The van der Waals surface area contributed by atoms with Gasteiger partial charge in [-0.1, -0.05) is 357 Å². The Hall–Kier alpha value is -9.80. The van der Waals surface area contributed by atoms with E-state index in [0.29, 0.717) is 47.9 Å². The van der Waals surface area contributed by atoms with Crippen LogP contribution >= 0.6 is 30.4 Å². The predicted octanol–water partition coefficient (Wildman–Crippen LogP) is 33.1. The van der Waals surface area contributed by atoms with E-state index in [1.54, 1.807) is 72.8 Å². The molecule has 0 spiro atoms. The van der Waals surface area contributed by atoms with E-state index in [2.05, 4.69) is 96.2 Å². The van der Waals surface area contributed by atoms with E-state index in [-0.39, 0.29) is 67.2 Å². The Bertz CT molecular complexity index is 5160. The lowest BCUT2D eigenvalue weighted by molar-refractivity contribution is 0.384. The van der Waals surface area contributed by atoms with Gasteiger partial charge in [-0.15, -0.1) is 0 Å². The average molecular weight is 1910 g/mol. The van der Waals surface area contributed by atoms with Crippen molar-refractivity contribution in [3.63, 3.8) is 0 Å². The van der Waals surface area contributed by atoms with Crippen LogP contribution in [0.4, 0.5) is 0 Å².